The first kappa shape index (κ1) is 15.1. The van der Waals surface area contributed by atoms with Gasteiger partial charge in [-0.3, -0.25) is 0 Å². The van der Waals surface area contributed by atoms with Gasteiger partial charge in [0.1, 0.15) is 6.10 Å². The third-order valence-electron chi connectivity index (χ3n) is 4.22. The number of hydrogen-bond donors (Lipinski definition) is 1. The van der Waals surface area contributed by atoms with E-state index in [0.29, 0.717) is 12.7 Å². The minimum atomic E-state index is 0.317. The van der Waals surface area contributed by atoms with Crippen LogP contribution in [0.4, 0.5) is 5.69 Å². The first-order valence-electron chi connectivity index (χ1n) is 8.15. The van der Waals surface area contributed by atoms with E-state index in [9.17, 15) is 0 Å². The molecule has 4 heteroatoms. The minimum Gasteiger partial charge on any atom is -0.474 e. The zero-order valence-corrected chi connectivity index (χ0v) is 13.2. The normalized spacial score (nSPS) is 15.9. The average molecular weight is 300 g/mol. The van der Waals surface area contributed by atoms with Gasteiger partial charge in [0, 0.05) is 36.3 Å². The van der Waals surface area contributed by atoms with Crippen LogP contribution in [-0.4, -0.2) is 31.3 Å². The summed E-state index contributed by atoms with van der Waals surface area (Å²) in [6, 6.07) is 8.26. The zero-order valence-electron chi connectivity index (χ0n) is 13.2. The molecule has 22 heavy (non-hydrogen) atoms. The summed E-state index contributed by atoms with van der Waals surface area (Å²) in [6.45, 7) is 1.48. The molecule has 1 aromatic heterocycles. The number of nitrogens with one attached hydrogen (secondary N) is 1. The Morgan fingerprint density at radius 3 is 2.82 bits per heavy atom. The first-order chi connectivity index (χ1) is 10.9. The van der Waals surface area contributed by atoms with Crippen molar-refractivity contribution in [3.63, 3.8) is 0 Å². The molecule has 0 aliphatic heterocycles. The number of benzene rings is 1. The molecule has 2 aromatic rings. The van der Waals surface area contributed by atoms with E-state index in [1.165, 1.54) is 19.3 Å². The quantitative estimate of drug-likeness (QED) is 0.819. The molecule has 1 aliphatic carbocycles. The molecule has 0 amide bonds. The number of fused-ring (bicyclic) bond motifs is 1. The van der Waals surface area contributed by atoms with Gasteiger partial charge in [-0.25, -0.2) is 4.98 Å². The highest BCUT2D eigenvalue weighted by molar-refractivity contribution is 5.96. The predicted molar refractivity (Wildman–Crippen MR) is 89.6 cm³/mol. The Kier molecular flexibility index (Phi) is 5.11. The van der Waals surface area contributed by atoms with Crippen molar-refractivity contribution in [1.82, 2.24) is 4.98 Å². The Labute approximate surface area is 131 Å². The van der Waals surface area contributed by atoms with Crippen LogP contribution in [0.5, 0.6) is 5.88 Å². The van der Waals surface area contributed by atoms with Crippen molar-refractivity contribution in [2.24, 2.45) is 0 Å². The lowest BCUT2D eigenvalue weighted by molar-refractivity contribution is 0.151. The number of methoxy groups -OCH3 is 1. The fourth-order valence-corrected chi connectivity index (χ4v) is 3.06. The van der Waals surface area contributed by atoms with Gasteiger partial charge in [-0.15, -0.1) is 0 Å². The first-order valence-corrected chi connectivity index (χ1v) is 8.15. The maximum atomic E-state index is 6.19. The second-order valence-corrected chi connectivity index (χ2v) is 5.81. The Morgan fingerprint density at radius 1 is 1.14 bits per heavy atom. The molecule has 1 heterocycles. The molecule has 118 valence electrons. The molecule has 3 rings (SSSR count). The summed E-state index contributed by atoms with van der Waals surface area (Å²) in [7, 11) is 1.71. The highest BCUT2D eigenvalue weighted by Crippen LogP contribution is 2.31. The SMILES string of the molecule is COCCNc1cccc2c(OC3CCCCC3)nccc12. The molecule has 0 atom stereocenters. The number of ether oxygens (including phenoxy) is 2. The largest absolute Gasteiger partial charge is 0.474 e. The van der Waals surface area contributed by atoms with Gasteiger partial charge in [-0.1, -0.05) is 12.5 Å². The van der Waals surface area contributed by atoms with Gasteiger partial charge in [0.2, 0.25) is 5.88 Å². The van der Waals surface area contributed by atoms with Crippen molar-refractivity contribution in [2.75, 3.05) is 25.6 Å². The highest BCUT2D eigenvalue weighted by atomic mass is 16.5. The van der Waals surface area contributed by atoms with E-state index >= 15 is 0 Å². The van der Waals surface area contributed by atoms with Crippen molar-refractivity contribution < 1.29 is 9.47 Å². The third kappa shape index (κ3) is 3.50. The molecule has 1 aliphatic rings. The molecule has 0 unspecified atom stereocenters. The van der Waals surface area contributed by atoms with Crippen LogP contribution in [-0.2, 0) is 4.74 Å². The van der Waals surface area contributed by atoms with E-state index in [1.54, 1.807) is 7.11 Å². The van der Waals surface area contributed by atoms with Gasteiger partial charge in [-0.05, 0) is 43.9 Å². The molecular weight excluding hydrogens is 276 g/mol. The number of anilines is 1. The van der Waals surface area contributed by atoms with Crippen LogP contribution in [0.2, 0.25) is 0 Å². The Balaban J connectivity index is 1.83. The predicted octanol–water partition coefficient (Wildman–Crippen LogP) is 4.00. The molecule has 0 spiro atoms. The lowest BCUT2D eigenvalue weighted by Gasteiger charge is -2.23. The molecule has 0 saturated heterocycles. The molecule has 1 N–H and O–H groups in total. The molecule has 4 nitrogen and oxygen atoms in total. The maximum Gasteiger partial charge on any atom is 0.221 e. The summed E-state index contributed by atoms with van der Waals surface area (Å²) in [5, 5.41) is 5.64. The van der Waals surface area contributed by atoms with Crippen molar-refractivity contribution >= 4 is 16.5 Å². The Morgan fingerprint density at radius 2 is 2.00 bits per heavy atom. The number of rotatable bonds is 6. The lowest BCUT2D eigenvalue weighted by atomic mass is 9.98. The van der Waals surface area contributed by atoms with Gasteiger partial charge in [0.05, 0.1) is 6.61 Å². The molecule has 0 radical (unpaired) electrons. The highest BCUT2D eigenvalue weighted by Gasteiger charge is 2.17. The van der Waals surface area contributed by atoms with Gasteiger partial charge in [0.15, 0.2) is 0 Å². The summed E-state index contributed by atoms with van der Waals surface area (Å²) in [6.07, 6.45) is 8.29. The van der Waals surface area contributed by atoms with Gasteiger partial charge < -0.3 is 14.8 Å². The molecule has 1 aromatic carbocycles. The molecule has 0 bridgehead atoms. The van der Waals surface area contributed by atoms with Crippen LogP contribution >= 0.6 is 0 Å². The summed E-state index contributed by atoms with van der Waals surface area (Å²) in [5.74, 6) is 0.764. The van der Waals surface area contributed by atoms with Crippen molar-refractivity contribution in [1.29, 1.82) is 0 Å². The van der Waals surface area contributed by atoms with E-state index in [-0.39, 0.29) is 0 Å². The Hall–Kier alpha value is -1.81. The van der Waals surface area contributed by atoms with Gasteiger partial charge in [-0.2, -0.15) is 0 Å². The van der Waals surface area contributed by atoms with Crippen molar-refractivity contribution in [2.45, 2.75) is 38.2 Å². The van der Waals surface area contributed by atoms with Crippen LogP contribution in [0.15, 0.2) is 30.5 Å². The van der Waals surface area contributed by atoms with Gasteiger partial charge in [0.25, 0.3) is 0 Å². The summed E-state index contributed by atoms with van der Waals surface area (Å²) < 4.78 is 11.3. The van der Waals surface area contributed by atoms with E-state index in [1.807, 2.05) is 18.3 Å². The van der Waals surface area contributed by atoms with Crippen LogP contribution in [0.25, 0.3) is 10.8 Å². The number of hydrogen-bond acceptors (Lipinski definition) is 4. The number of aromatic nitrogens is 1. The number of nitrogens with zero attached hydrogens (tertiary/aromatic N) is 1. The topological polar surface area (TPSA) is 43.4 Å². The van der Waals surface area contributed by atoms with Crippen LogP contribution in [0.1, 0.15) is 32.1 Å². The van der Waals surface area contributed by atoms with Crippen molar-refractivity contribution in [3.05, 3.63) is 30.5 Å². The summed E-state index contributed by atoms with van der Waals surface area (Å²) in [5.41, 5.74) is 1.10. The van der Waals surface area contributed by atoms with E-state index in [2.05, 4.69) is 22.4 Å². The Bertz CT molecular complexity index is 609. The average Bonchev–Trinajstić information content (AvgIpc) is 2.57. The summed E-state index contributed by atoms with van der Waals surface area (Å²) in [4.78, 5) is 4.46. The second kappa shape index (κ2) is 7.45. The standard InChI is InChI=1S/C18H24N2O2/c1-21-13-12-19-17-9-5-8-16-15(17)10-11-20-18(16)22-14-6-3-2-4-7-14/h5,8-11,14,19H,2-4,6-7,12-13H2,1H3. The van der Waals surface area contributed by atoms with Crippen LogP contribution < -0.4 is 10.1 Å². The monoisotopic (exact) mass is 300 g/mol. The fraction of sp³-hybridized carbons (Fsp3) is 0.500. The number of pyridine rings is 1. The molecular formula is C18H24N2O2. The lowest BCUT2D eigenvalue weighted by Crippen LogP contribution is -2.20. The fourth-order valence-electron chi connectivity index (χ4n) is 3.06. The maximum absolute atomic E-state index is 6.19. The molecule has 1 saturated carbocycles. The van der Waals surface area contributed by atoms with Crippen LogP contribution in [0.3, 0.4) is 0 Å². The van der Waals surface area contributed by atoms with E-state index < -0.39 is 0 Å². The molecule has 1 fully saturated rings. The smallest absolute Gasteiger partial charge is 0.221 e. The van der Waals surface area contributed by atoms with Crippen LogP contribution in [0, 0.1) is 0 Å². The minimum absolute atomic E-state index is 0.317. The third-order valence-corrected chi connectivity index (χ3v) is 4.22. The van der Waals surface area contributed by atoms with Gasteiger partial charge >= 0.3 is 0 Å². The van der Waals surface area contributed by atoms with E-state index in [4.69, 9.17) is 9.47 Å². The second-order valence-electron chi connectivity index (χ2n) is 5.81. The van der Waals surface area contributed by atoms with Crippen molar-refractivity contribution in [3.8, 4) is 5.88 Å². The zero-order chi connectivity index (χ0) is 15.2. The van der Waals surface area contributed by atoms with E-state index in [0.717, 1.165) is 41.7 Å². The summed E-state index contributed by atoms with van der Waals surface area (Å²) >= 11 is 0.